The van der Waals surface area contributed by atoms with Crippen LogP contribution in [0.2, 0.25) is 0 Å². The molecular formula is C21H25FN6OS. The second-order valence-electron chi connectivity index (χ2n) is 6.79. The van der Waals surface area contributed by atoms with Crippen LogP contribution in [0.4, 0.5) is 4.39 Å². The molecule has 0 aliphatic rings. The van der Waals surface area contributed by atoms with Gasteiger partial charge in [-0.2, -0.15) is 5.10 Å². The number of aromatic nitrogens is 2. The van der Waals surface area contributed by atoms with E-state index in [4.69, 9.17) is 0 Å². The third-order valence-corrected chi connectivity index (χ3v) is 5.22. The predicted molar refractivity (Wildman–Crippen MR) is 117 cm³/mol. The molecule has 0 saturated heterocycles. The van der Waals surface area contributed by atoms with E-state index in [2.05, 4.69) is 32.2 Å². The normalized spacial score (nSPS) is 11.4. The first-order chi connectivity index (χ1) is 14.5. The van der Waals surface area contributed by atoms with Crippen LogP contribution in [0.25, 0.3) is 5.69 Å². The van der Waals surface area contributed by atoms with Gasteiger partial charge < -0.3 is 15.5 Å². The zero-order valence-corrected chi connectivity index (χ0v) is 17.8. The Labute approximate surface area is 179 Å². The summed E-state index contributed by atoms with van der Waals surface area (Å²) >= 11 is 1.71. The van der Waals surface area contributed by atoms with E-state index in [1.54, 1.807) is 42.2 Å². The lowest BCUT2D eigenvalue weighted by atomic mass is 10.3. The average Bonchev–Trinajstić information content (AvgIpc) is 3.42. The van der Waals surface area contributed by atoms with Crippen molar-refractivity contribution in [1.82, 2.24) is 25.3 Å². The first kappa shape index (κ1) is 21.5. The number of benzene rings is 1. The smallest absolute Gasteiger partial charge is 0.241 e. The van der Waals surface area contributed by atoms with Crippen molar-refractivity contribution >= 4 is 23.2 Å². The van der Waals surface area contributed by atoms with Gasteiger partial charge in [0.15, 0.2) is 5.96 Å². The van der Waals surface area contributed by atoms with Gasteiger partial charge in [0.2, 0.25) is 5.91 Å². The number of likely N-dealkylation sites (N-methyl/N-ethyl adjacent to an activating group) is 1. The Morgan fingerprint density at radius 2 is 2.00 bits per heavy atom. The number of rotatable bonds is 8. The van der Waals surface area contributed by atoms with E-state index >= 15 is 0 Å². The molecule has 0 aliphatic carbocycles. The largest absolute Gasteiger partial charge is 0.356 e. The molecule has 158 valence electrons. The SMILES string of the molecule is CN(C)C(=O)CNC(=NCc1ccn(-c2ccc(F)cc2)n1)NCCc1cccs1. The van der Waals surface area contributed by atoms with E-state index in [0.29, 0.717) is 19.0 Å². The van der Waals surface area contributed by atoms with Crippen molar-refractivity contribution < 1.29 is 9.18 Å². The molecule has 2 heterocycles. The molecular weight excluding hydrogens is 403 g/mol. The number of carbonyl (C=O) groups is 1. The summed E-state index contributed by atoms with van der Waals surface area (Å²) in [5.74, 6) is 0.230. The number of thiophene rings is 1. The first-order valence-corrected chi connectivity index (χ1v) is 10.4. The molecule has 0 radical (unpaired) electrons. The Morgan fingerprint density at radius 1 is 1.20 bits per heavy atom. The summed E-state index contributed by atoms with van der Waals surface area (Å²) in [6.07, 6.45) is 2.68. The summed E-state index contributed by atoms with van der Waals surface area (Å²) < 4.78 is 14.8. The highest BCUT2D eigenvalue weighted by Gasteiger charge is 2.07. The number of hydrogen-bond donors (Lipinski definition) is 2. The fourth-order valence-corrected chi connectivity index (χ4v) is 3.30. The molecule has 1 amide bonds. The Balaban J connectivity index is 1.62. The van der Waals surface area contributed by atoms with E-state index in [0.717, 1.165) is 17.8 Å². The highest BCUT2D eigenvalue weighted by Crippen LogP contribution is 2.10. The standard InChI is InChI=1S/C21H25FN6OS/c1-27(2)20(29)15-25-21(23-11-9-19-4-3-13-30-19)24-14-17-10-12-28(26-17)18-7-5-16(22)6-8-18/h3-8,10,12-13H,9,11,14-15H2,1-2H3,(H2,23,24,25). The van der Waals surface area contributed by atoms with Crippen LogP contribution >= 0.6 is 11.3 Å². The van der Waals surface area contributed by atoms with E-state index in [1.165, 1.54) is 21.9 Å². The fourth-order valence-electron chi connectivity index (χ4n) is 2.59. The third kappa shape index (κ3) is 6.41. The minimum absolute atomic E-state index is 0.0386. The minimum Gasteiger partial charge on any atom is -0.356 e. The Hall–Kier alpha value is -3.20. The highest BCUT2D eigenvalue weighted by molar-refractivity contribution is 7.09. The number of halogens is 1. The monoisotopic (exact) mass is 428 g/mol. The summed E-state index contributed by atoms with van der Waals surface area (Å²) in [6, 6.07) is 12.1. The van der Waals surface area contributed by atoms with Gasteiger partial charge in [0, 0.05) is 31.7 Å². The number of guanidine groups is 1. The van der Waals surface area contributed by atoms with Crippen molar-refractivity contribution in [3.8, 4) is 5.69 Å². The van der Waals surface area contributed by atoms with Gasteiger partial charge >= 0.3 is 0 Å². The van der Waals surface area contributed by atoms with Crippen molar-refractivity contribution in [3.05, 3.63) is 70.4 Å². The van der Waals surface area contributed by atoms with Gasteiger partial charge in [-0.1, -0.05) is 6.07 Å². The third-order valence-electron chi connectivity index (χ3n) is 4.28. The summed E-state index contributed by atoms with van der Waals surface area (Å²) in [5.41, 5.74) is 1.54. The lowest BCUT2D eigenvalue weighted by molar-refractivity contribution is -0.127. The van der Waals surface area contributed by atoms with Crippen LogP contribution < -0.4 is 10.6 Å². The van der Waals surface area contributed by atoms with Crippen LogP contribution in [0.15, 0.2) is 59.0 Å². The molecule has 30 heavy (non-hydrogen) atoms. The molecule has 0 saturated carbocycles. The zero-order valence-electron chi connectivity index (χ0n) is 17.0. The molecule has 0 spiro atoms. The second-order valence-corrected chi connectivity index (χ2v) is 7.82. The molecule has 3 aromatic rings. The van der Waals surface area contributed by atoms with E-state index < -0.39 is 0 Å². The number of hydrogen-bond acceptors (Lipinski definition) is 4. The lowest BCUT2D eigenvalue weighted by Gasteiger charge is -2.14. The maximum absolute atomic E-state index is 13.1. The van der Waals surface area contributed by atoms with Crippen molar-refractivity contribution in [2.75, 3.05) is 27.2 Å². The average molecular weight is 429 g/mol. The van der Waals surface area contributed by atoms with Gasteiger partial charge in [-0.15, -0.1) is 11.3 Å². The maximum Gasteiger partial charge on any atom is 0.241 e. The molecule has 9 heteroatoms. The van der Waals surface area contributed by atoms with Gasteiger partial charge in [-0.3, -0.25) is 4.79 Å². The molecule has 2 aromatic heterocycles. The molecule has 0 fully saturated rings. The molecule has 2 N–H and O–H groups in total. The van der Waals surface area contributed by atoms with E-state index in [-0.39, 0.29) is 18.3 Å². The van der Waals surface area contributed by atoms with Gasteiger partial charge in [0.25, 0.3) is 0 Å². The van der Waals surface area contributed by atoms with Crippen molar-refractivity contribution in [2.45, 2.75) is 13.0 Å². The van der Waals surface area contributed by atoms with Crippen molar-refractivity contribution in [1.29, 1.82) is 0 Å². The molecule has 0 unspecified atom stereocenters. The molecule has 7 nitrogen and oxygen atoms in total. The van der Waals surface area contributed by atoms with Crippen LogP contribution in [0.1, 0.15) is 10.6 Å². The minimum atomic E-state index is -0.285. The van der Waals surface area contributed by atoms with Gasteiger partial charge in [0.05, 0.1) is 24.5 Å². The summed E-state index contributed by atoms with van der Waals surface area (Å²) in [7, 11) is 3.43. The highest BCUT2D eigenvalue weighted by atomic mass is 32.1. The lowest BCUT2D eigenvalue weighted by Crippen LogP contribution is -2.43. The number of carbonyl (C=O) groups excluding carboxylic acids is 1. The predicted octanol–water partition coefficient (Wildman–Crippen LogP) is 2.44. The van der Waals surface area contributed by atoms with Crippen LogP contribution in [-0.2, 0) is 17.8 Å². The second kappa shape index (κ2) is 10.5. The summed E-state index contributed by atoms with van der Waals surface area (Å²) in [4.78, 5) is 19.3. The molecule has 3 rings (SSSR count). The van der Waals surface area contributed by atoms with E-state index in [9.17, 15) is 9.18 Å². The summed E-state index contributed by atoms with van der Waals surface area (Å²) in [6.45, 7) is 1.20. The number of nitrogens with zero attached hydrogens (tertiary/aromatic N) is 4. The summed E-state index contributed by atoms with van der Waals surface area (Å²) in [5, 5.41) is 12.9. The Bertz CT molecular complexity index is 966. The van der Waals surface area contributed by atoms with Gasteiger partial charge in [-0.25, -0.2) is 14.1 Å². The van der Waals surface area contributed by atoms with Gasteiger partial charge in [0.1, 0.15) is 5.82 Å². The van der Waals surface area contributed by atoms with Crippen LogP contribution in [0.5, 0.6) is 0 Å². The Morgan fingerprint density at radius 3 is 2.70 bits per heavy atom. The topological polar surface area (TPSA) is 74.5 Å². The fraction of sp³-hybridized carbons (Fsp3) is 0.286. The molecule has 0 aliphatic heterocycles. The van der Waals surface area contributed by atoms with Crippen molar-refractivity contribution in [3.63, 3.8) is 0 Å². The number of amides is 1. The molecule has 0 atom stereocenters. The first-order valence-electron chi connectivity index (χ1n) is 9.56. The maximum atomic E-state index is 13.1. The van der Waals surface area contributed by atoms with Crippen LogP contribution in [-0.4, -0.2) is 53.7 Å². The van der Waals surface area contributed by atoms with Gasteiger partial charge in [-0.05, 0) is 48.2 Å². The van der Waals surface area contributed by atoms with Crippen LogP contribution in [0, 0.1) is 5.82 Å². The zero-order chi connectivity index (χ0) is 21.3. The number of aliphatic imine (C=N–C) groups is 1. The Kier molecular flexibility index (Phi) is 7.56. The molecule has 0 bridgehead atoms. The van der Waals surface area contributed by atoms with Crippen LogP contribution in [0.3, 0.4) is 0 Å². The molecule has 1 aromatic carbocycles. The van der Waals surface area contributed by atoms with E-state index in [1.807, 2.05) is 18.3 Å². The van der Waals surface area contributed by atoms with Crippen molar-refractivity contribution in [2.24, 2.45) is 4.99 Å². The number of nitrogens with one attached hydrogen (secondary N) is 2. The quantitative estimate of drug-likeness (QED) is 0.427.